The molecule has 19 heavy (non-hydrogen) atoms. The van der Waals surface area contributed by atoms with Crippen LogP contribution in [0.5, 0.6) is 0 Å². The van der Waals surface area contributed by atoms with E-state index >= 15 is 0 Å². The van der Waals surface area contributed by atoms with Crippen LogP contribution in [0.2, 0.25) is 0 Å². The van der Waals surface area contributed by atoms with Crippen molar-refractivity contribution in [1.29, 1.82) is 0 Å². The fourth-order valence-electron chi connectivity index (χ4n) is 1.56. The molecule has 2 rings (SSSR count). The van der Waals surface area contributed by atoms with Crippen LogP contribution in [-0.4, -0.2) is 14.9 Å². The third kappa shape index (κ3) is 4.03. The Labute approximate surface area is 116 Å². The van der Waals surface area contributed by atoms with Crippen molar-refractivity contribution in [3.63, 3.8) is 0 Å². The average molecular weight is 278 g/mol. The second-order valence-corrected chi connectivity index (χ2v) is 4.43. The van der Waals surface area contributed by atoms with E-state index in [9.17, 15) is 4.39 Å². The molecular weight excluding hydrogens is 263 g/mol. The summed E-state index contributed by atoms with van der Waals surface area (Å²) in [4.78, 5) is 0. The highest BCUT2D eigenvalue weighted by Crippen LogP contribution is 2.08. The van der Waals surface area contributed by atoms with E-state index in [0.29, 0.717) is 11.7 Å². The molecule has 0 unspecified atom stereocenters. The van der Waals surface area contributed by atoms with Crippen molar-refractivity contribution in [1.82, 2.24) is 15.1 Å². The standard InChI is InChI=1S/C13H15FN4S/c1-2-18-9-10(8-16-18)7-15-13(19)17-12-5-3-11(14)4-6-12/h3-6,8-9H,2,7H2,1H3,(H2,15,17,19). The van der Waals surface area contributed by atoms with E-state index in [1.165, 1.54) is 12.1 Å². The first kappa shape index (κ1) is 13.5. The van der Waals surface area contributed by atoms with E-state index in [1.54, 1.807) is 18.3 Å². The lowest BCUT2D eigenvalue weighted by Gasteiger charge is -2.09. The van der Waals surface area contributed by atoms with Crippen LogP contribution in [0.1, 0.15) is 12.5 Å². The second-order valence-electron chi connectivity index (χ2n) is 4.02. The van der Waals surface area contributed by atoms with E-state index in [1.807, 2.05) is 17.8 Å². The van der Waals surface area contributed by atoms with Gasteiger partial charge in [0, 0.05) is 30.5 Å². The van der Waals surface area contributed by atoms with Crippen LogP contribution < -0.4 is 10.6 Å². The van der Waals surface area contributed by atoms with Crippen molar-refractivity contribution < 1.29 is 4.39 Å². The fraction of sp³-hybridized carbons (Fsp3) is 0.231. The van der Waals surface area contributed by atoms with E-state index in [2.05, 4.69) is 15.7 Å². The molecule has 0 fully saturated rings. The van der Waals surface area contributed by atoms with Crippen molar-refractivity contribution in [2.24, 2.45) is 0 Å². The lowest BCUT2D eigenvalue weighted by atomic mass is 10.3. The van der Waals surface area contributed by atoms with Crippen LogP contribution in [0.3, 0.4) is 0 Å². The number of benzene rings is 1. The van der Waals surface area contributed by atoms with E-state index in [-0.39, 0.29) is 5.82 Å². The number of rotatable bonds is 4. The van der Waals surface area contributed by atoms with Crippen molar-refractivity contribution >= 4 is 23.0 Å². The molecule has 0 amide bonds. The summed E-state index contributed by atoms with van der Waals surface area (Å²) >= 11 is 5.16. The Morgan fingerprint density at radius 2 is 2.11 bits per heavy atom. The summed E-state index contributed by atoms with van der Waals surface area (Å²) in [6.45, 7) is 3.48. The number of aromatic nitrogens is 2. The quantitative estimate of drug-likeness (QED) is 0.843. The number of nitrogens with one attached hydrogen (secondary N) is 2. The third-order valence-electron chi connectivity index (χ3n) is 2.57. The third-order valence-corrected chi connectivity index (χ3v) is 2.81. The topological polar surface area (TPSA) is 41.9 Å². The van der Waals surface area contributed by atoms with Crippen LogP contribution in [0.4, 0.5) is 10.1 Å². The zero-order valence-corrected chi connectivity index (χ0v) is 11.4. The summed E-state index contributed by atoms with van der Waals surface area (Å²) in [7, 11) is 0. The second kappa shape index (κ2) is 6.29. The first-order valence-electron chi connectivity index (χ1n) is 5.99. The number of nitrogens with zero attached hydrogens (tertiary/aromatic N) is 2. The van der Waals surface area contributed by atoms with Crippen LogP contribution >= 0.6 is 12.2 Å². The molecular formula is C13H15FN4S. The Morgan fingerprint density at radius 3 is 2.74 bits per heavy atom. The van der Waals surface area contributed by atoms with Crippen LogP contribution in [0.25, 0.3) is 0 Å². The monoisotopic (exact) mass is 278 g/mol. The number of aryl methyl sites for hydroxylation is 1. The molecule has 4 nitrogen and oxygen atoms in total. The average Bonchev–Trinajstić information content (AvgIpc) is 2.87. The molecule has 0 radical (unpaired) electrons. The minimum absolute atomic E-state index is 0.267. The van der Waals surface area contributed by atoms with Crippen molar-refractivity contribution in [3.05, 3.63) is 48.0 Å². The van der Waals surface area contributed by atoms with Gasteiger partial charge in [0.2, 0.25) is 0 Å². The lowest BCUT2D eigenvalue weighted by molar-refractivity contribution is 0.628. The van der Waals surface area contributed by atoms with Crippen LogP contribution in [0, 0.1) is 5.82 Å². The molecule has 1 aromatic heterocycles. The molecule has 1 heterocycles. The van der Waals surface area contributed by atoms with Gasteiger partial charge in [-0.3, -0.25) is 4.68 Å². The van der Waals surface area contributed by atoms with Gasteiger partial charge in [-0.25, -0.2) is 4.39 Å². The van der Waals surface area contributed by atoms with Crippen molar-refractivity contribution in [2.45, 2.75) is 20.0 Å². The van der Waals surface area contributed by atoms with E-state index in [0.717, 1.165) is 17.8 Å². The largest absolute Gasteiger partial charge is 0.358 e. The van der Waals surface area contributed by atoms with Crippen LogP contribution in [0.15, 0.2) is 36.7 Å². The van der Waals surface area contributed by atoms with Gasteiger partial charge in [0.05, 0.1) is 6.20 Å². The van der Waals surface area contributed by atoms with Gasteiger partial charge in [-0.2, -0.15) is 5.10 Å². The van der Waals surface area contributed by atoms with Crippen molar-refractivity contribution in [3.8, 4) is 0 Å². The number of thiocarbonyl (C=S) groups is 1. The van der Waals surface area contributed by atoms with Gasteiger partial charge in [-0.15, -0.1) is 0 Å². The summed E-state index contributed by atoms with van der Waals surface area (Å²) in [6, 6.07) is 6.04. The number of hydrogen-bond acceptors (Lipinski definition) is 2. The Morgan fingerprint density at radius 1 is 1.37 bits per heavy atom. The molecule has 100 valence electrons. The van der Waals surface area contributed by atoms with Gasteiger partial charge in [0.25, 0.3) is 0 Å². The molecule has 2 N–H and O–H groups in total. The molecule has 0 atom stereocenters. The highest BCUT2D eigenvalue weighted by atomic mass is 32.1. The molecule has 6 heteroatoms. The van der Waals surface area contributed by atoms with Crippen molar-refractivity contribution in [2.75, 3.05) is 5.32 Å². The molecule has 0 bridgehead atoms. The maximum Gasteiger partial charge on any atom is 0.171 e. The number of anilines is 1. The lowest BCUT2D eigenvalue weighted by Crippen LogP contribution is -2.27. The maximum absolute atomic E-state index is 12.7. The summed E-state index contributed by atoms with van der Waals surface area (Å²) in [5.41, 5.74) is 1.81. The predicted octanol–water partition coefficient (Wildman–Crippen LogP) is 2.53. The molecule has 1 aromatic carbocycles. The molecule has 0 saturated heterocycles. The minimum Gasteiger partial charge on any atom is -0.358 e. The maximum atomic E-state index is 12.7. The van der Waals surface area contributed by atoms with E-state index < -0.39 is 0 Å². The van der Waals surface area contributed by atoms with Crippen LogP contribution in [-0.2, 0) is 13.1 Å². The fourth-order valence-corrected chi connectivity index (χ4v) is 1.75. The summed E-state index contributed by atoms with van der Waals surface area (Å²) in [5.74, 6) is -0.267. The summed E-state index contributed by atoms with van der Waals surface area (Å²) in [6.07, 6.45) is 3.77. The van der Waals surface area contributed by atoms with E-state index in [4.69, 9.17) is 12.2 Å². The molecule has 0 aliphatic carbocycles. The Balaban J connectivity index is 1.82. The van der Waals surface area contributed by atoms with Gasteiger partial charge in [-0.1, -0.05) is 0 Å². The molecule has 0 spiro atoms. The molecule has 0 aliphatic heterocycles. The SMILES string of the molecule is CCn1cc(CNC(=S)Nc2ccc(F)cc2)cn1. The zero-order valence-electron chi connectivity index (χ0n) is 10.6. The normalized spacial score (nSPS) is 10.2. The number of halogens is 1. The predicted molar refractivity (Wildman–Crippen MR) is 77.4 cm³/mol. The smallest absolute Gasteiger partial charge is 0.171 e. The highest BCUT2D eigenvalue weighted by molar-refractivity contribution is 7.80. The zero-order chi connectivity index (χ0) is 13.7. The molecule has 0 saturated carbocycles. The first-order valence-corrected chi connectivity index (χ1v) is 6.40. The molecule has 2 aromatic rings. The first-order chi connectivity index (χ1) is 9.17. The van der Waals surface area contributed by atoms with Gasteiger partial charge >= 0.3 is 0 Å². The van der Waals surface area contributed by atoms with Gasteiger partial charge < -0.3 is 10.6 Å². The Kier molecular flexibility index (Phi) is 4.46. The summed E-state index contributed by atoms with van der Waals surface area (Å²) < 4.78 is 14.6. The molecule has 0 aliphatic rings. The van der Waals surface area contributed by atoms with Gasteiger partial charge in [0.15, 0.2) is 5.11 Å². The Hall–Kier alpha value is -1.95. The van der Waals surface area contributed by atoms with Gasteiger partial charge in [-0.05, 0) is 43.4 Å². The minimum atomic E-state index is -0.267. The Bertz CT molecular complexity index is 550. The number of hydrogen-bond donors (Lipinski definition) is 2. The summed E-state index contributed by atoms with van der Waals surface area (Å²) in [5, 5.41) is 10.7. The highest BCUT2D eigenvalue weighted by Gasteiger charge is 2.00. The van der Waals surface area contributed by atoms with Gasteiger partial charge in [0.1, 0.15) is 5.82 Å².